The molecular weight excluding hydrogens is 222 g/mol. The summed E-state index contributed by atoms with van der Waals surface area (Å²) >= 11 is 3.48. The van der Waals surface area contributed by atoms with E-state index < -0.39 is 0 Å². The van der Waals surface area contributed by atoms with Crippen molar-refractivity contribution in [3.63, 3.8) is 0 Å². The summed E-state index contributed by atoms with van der Waals surface area (Å²) in [4.78, 5) is 5.68. The summed E-state index contributed by atoms with van der Waals surface area (Å²) in [6, 6.07) is 8.66. The Bertz CT molecular complexity index is 593. The SMILES string of the molecule is Cc1cc2scnc2cc1-c1cccs1. The number of benzene rings is 1. The van der Waals surface area contributed by atoms with E-state index in [4.69, 9.17) is 0 Å². The summed E-state index contributed by atoms with van der Waals surface area (Å²) in [6.07, 6.45) is 0. The van der Waals surface area contributed by atoms with Gasteiger partial charge in [-0.3, -0.25) is 0 Å². The molecule has 0 spiro atoms. The number of fused-ring (bicyclic) bond motifs is 1. The zero-order valence-corrected chi connectivity index (χ0v) is 9.86. The second-order valence-corrected chi connectivity index (χ2v) is 5.30. The molecule has 3 aromatic rings. The van der Waals surface area contributed by atoms with Crippen LogP contribution < -0.4 is 0 Å². The molecule has 1 nitrogen and oxygen atoms in total. The van der Waals surface area contributed by atoms with Crippen LogP contribution in [0.3, 0.4) is 0 Å². The first-order chi connectivity index (χ1) is 7.34. The Balaban J connectivity index is 2.30. The van der Waals surface area contributed by atoms with Crippen LogP contribution in [0.2, 0.25) is 0 Å². The van der Waals surface area contributed by atoms with Crippen LogP contribution in [0.1, 0.15) is 5.56 Å². The molecule has 0 aliphatic rings. The predicted molar refractivity (Wildman–Crippen MR) is 67.7 cm³/mol. The number of thiophene rings is 1. The fourth-order valence-corrected chi connectivity index (χ4v) is 3.27. The molecule has 3 rings (SSSR count). The molecule has 0 aliphatic heterocycles. The van der Waals surface area contributed by atoms with Crippen molar-refractivity contribution in [3.05, 3.63) is 40.7 Å². The van der Waals surface area contributed by atoms with Gasteiger partial charge in [0.05, 0.1) is 15.7 Å². The van der Waals surface area contributed by atoms with Crippen LogP contribution in [0.25, 0.3) is 20.7 Å². The standard InChI is InChI=1S/C12H9NS2/c1-8-5-12-10(13-7-15-12)6-9(8)11-3-2-4-14-11/h2-7H,1H3. The summed E-state index contributed by atoms with van der Waals surface area (Å²) in [7, 11) is 0. The van der Waals surface area contributed by atoms with Crippen molar-refractivity contribution >= 4 is 32.9 Å². The monoisotopic (exact) mass is 231 g/mol. The van der Waals surface area contributed by atoms with Crippen molar-refractivity contribution < 1.29 is 0 Å². The molecule has 0 aliphatic carbocycles. The van der Waals surface area contributed by atoms with E-state index in [0.717, 1.165) is 5.52 Å². The Labute approximate surface area is 96.0 Å². The molecular formula is C12H9NS2. The van der Waals surface area contributed by atoms with Gasteiger partial charge < -0.3 is 0 Å². The lowest BCUT2D eigenvalue weighted by molar-refractivity contribution is 1.46. The number of thiazole rings is 1. The van der Waals surface area contributed by atoms with Gasteiger partial charge in [0, 0.05) is 4.88 Å². The quantitative estimate of drug-likeness (QED) is 0.607. The normalized spacial score (nSPS) is 11.0. The maximum Gasteiger partial charge on any atom is 0.0818 e. The Hall–Kier alpha value is -1.19. The molecule has 0 amide bonds. The summed E-state index contributed by atoms with van der Waals surface area (Å²) < 4.78 is 1.27. The van der Waals surface area contributed by atoms with Crippen LogP contribution in [0.5, 0.6) is 0 Å². The smallest absolute Gasteiger partial charge is 0.0818 e. The highest BCUT2D eigenvalue weighted by molar-refractivity contribution is 7.16. The molecule has 0 N–H and O–H groups in total. The van der Waals surface area contributed by atoms with E-state index in [9.17, 15) is 0 Å². The molecule has 0 atom stereocenters. The summed E-state index contributed by atoms with van der Waals surface area (Å²) in [6.45, 7) is 2.16. The molecule has 15 heavy (non-hydrogen) atoms. The molecule has 0 bridgehead atoms. The lowest BCUT2D eigenvalue weighted by atomic mass is 10.1. The fourth-order valence-electron chi connectivity index (χ4n) is 1.70. The van der Waals surface area contributed by atoms with Crippen LogP contribution in [0.15, 0.2) is 35.2 Å². The number of hydrogen-bond donors (Lipinski definition) is 0. The number of aromatic nitrogens is 1. The third-order valence-corrected chi connectivity index (χ3v) is 4.16. The van der Waals surface area contributed by atoms with Gasteiger partial charge in [0.25, 0.3) is 0 Å². The maximum absolute atomic E-state index is 4.35. The van der Waals surface area contributed by atoms with Crippen LogP contribution >= 0.6 is 22.7 Å². The number of hydrogen-bond acceptors (Lipinski definition) is 3. The first-order valence-electron chi connectivity index (χ1n) is 4.72. The summed E-state index contributed by atoms with van der Waals surface area (Å²) in [5.74, 6) is 0. The largest absolute Gasteiger partial charge is 0.245 e. The van der Waals surface area contributed by atoms with Gasteiger partial charge in [-0.05, 0) is 41.6 Å². The van der Waals surface area contributed by atoms with Crippen molar-refractivity contribution in [3.8, 4) is 10.4 Å². The van der Waals surface area contributed by atoms with Gasteiger partial charge in [-0.2, -0.15) is 0 Å². The van der Waals surface area contributed by atoms with Crippen molar-refractivity contribution in [2.75, 3.05) is 0 Å². The van der Waals surface area contributed by atoms with E-state index in [1.807, 2.05) is 5.51 Å². The number of rotatable bonds is 1. The van der Waals surface area contributed by atoms with Gasteiger partial charge in [-0.25, -0.2) is 4.98 Å². The summed E-state index contributed by atoms with van der Waals surface area (Å²) in [5.41, 5.74) is 5.65. The summed E-state index contributed by atoms with van der Waals surface area (Å²) in [5, 5.41) is 2.11. The Morgan fingerprint density at radius 1 is 1.20 bits per heavy atom. The topological polar surface area (TPSA) is 12.9 Å². The number of nitrogens with zero attached hydrogens (tertiary/aromatic N) is 1. The highest BCUT2D eigenvalue weighted by Gasteiger charge is 2.06. The van der Waals surface area contributed by atoms with E-state index in [0.29, 0.717) is 0 Å². The maximum atomic E-state index is 4.35. The van der Waals surface area contributed by atoms with Crippen molar-refractivity contribution in [1.29, 1.82) is 0 Å². The molecule has 2 heterocycles. The number of aryl methyl sites for hydroxylation is 1. The van der Waals surface area contributed by atoms with E-state index in [2.05, 4.69) is 41.6 Å². The zero-order chi connectivity index (χ0) is 10.3. The highest BCUT2D eigenvalue weighted by Crippen LogP contribution is 2.31. The van der Waals surface area contributed by atoms with Gasteiger partial charge in [-0.1, -0.05) is 6.07 Å². The molecule has 74 valence electrons. The zero-order valence-electron chi connectivity index (χ0n) is 8.23. The van der Waals surface area contributed by atoms with Crippen LogP contribution in [0.4, 0.5) is 0 Å². The van der Waals surface area contributed by atoms with E-state index >= 15 is 0 Å². The first-order valence-corrected chi connectivity index (χ1v) is 6.48. The predicted octanol–water partition coefficient (Wildman–Crippen LogP) is 4.33. The van der Waals surface area contributed by atoms with E-state index in [1.54, 1.807) is 22.7 Å². The van der Waals surface area contributed by atoms with Gasteiger partial charge >= 0.3 is 0 Å². The van der Waals surface area contributed by atoms with Crippen molar-refractivity contribution in [2.24, 2.45) is 0 Å². The Morgan fingerprint density at radius 3 is 2.93 bits per heavy atom. The molecule has 3 heteroatoms. The highest BCUT2D eigenvalue weighted by atomic mass is 32.1. The van der Waals surface area contributed by atoms with E-state index in [-0.39, 0.29) is 0 Å². The lowest BCUT2D eigenvalue weighted by Gasteiger charge is -2.02. The van der Waals surface area contributed by atoms with Gasteiger partial charge in [0.1, 0.15) is 0 Å². The third kappa shape index (κ3) is 1.48. The van der Waals surface area contributed by atoms with Crippen LogP contribution in [-0.2, 0) is 0 Å². The molecule has 0 fully saturated rings. The molecule has 2 aromatic heterocycles. The van der Waals surface area contributed by atoms with Crippen LogP contribution in [0, 0.1) is 6.92 Å². The molecule has 0 saturated heterocycles. The Kier molecular flexibility index (Phi) is 2.08. The minimum Gasteiger partial charge on any atom is -0.245 e. The Morgan fingerprint density at radius 2 is 2.13 bits per heavy atom. The average molecular weight is 231 g/mol. The fraction of sp³-hybridized carbons (Fsp3) is 0.0833. The van der Waals surface area contributed by atoms with Gasteiger partial charge in [0.2, 0.25) is 0 Å². The van der Waals surface area contributed by atoms with Gasteiger partial charge in [-0.15, -0.1) is 22.7 Å². The van der Waals surface area contributed by atoms with Crippen molar-refractivity contribution in [2.45, 2.75) is 6.92 Å². The second-order valence-electron chi connectivity index (χ2n) is 3.46. The average Bonchev–Trinajstić information content (AvgIpc) is 2.85. The molecule has 0 unspecified atom stereocenters. The van der Waals surface area contributed by atoms with Gasteiger partial charge in [0.15, 0.2) is 0 Å². The third-order valence-electron chi connectivity index (χ3n) is 2.46. The lowest BCUT2D eigenvalue weighted by Crippen LogP contribution is -1.80. The second kappa shape index (κ2) is 3.43. The molecule has 0 saturated carbocycles. The van der Waals surface area contributed by atoms with E-state index in [1.165, 1.54) is 20.7 Å². The molecule has 0 radical (unpaired) electrons. The minimum atomic E-state index is 1.11. The van der Waals surface area contributed by atoms with Crippen LogP contribution in [-0.4, -0.2) is 4.98 Å². The molecule has 1 aromatic carbocycles. The minimum absolute atomic E-state index is 1.11. The van der Waals surface area contributed by atoms with Crippen molar-refractivity contribution in [1.82, 2.24) is 4.98 Å². The first kappa shape index (κ1) is 9.07.